The number of fused-ring (bicyclic) bond motifs is 3. The molecule has 0 bridgehead atoms. The van der Waals surface area contributed by atoms with Gasteiger partial charge in [0.15, 0.2) is 0 Å². The number of aliphatic hydroxyl groups is 2. The molecule has 0 aromatic carbocycles. The topological polar surface area (TPSA) is 53.0 Å². The van der Waals surface area contributed by atoms with Crippen molar-refractivity contribution in [1.82, 2.24) is 0 Å². The summed E-state index contributed by atoms with van der Waals surface area (Å²) in [7, 11) is 0. The van der Waals surface area contributed by atoms with Crippen molar-refractivity contribution >= 4 is 0 Å². The zero-order chi connectivity index (χ0) is 22.3. The number of ether oxygens (including phenoxy) is 1. The Bertz CT molecular complexity index is 798. The van der Waals surface area contributed by atoms with Crippen LogP contribution in [-0.2, 0) is 4.74 Å². The van der Waals surface area contributed by atoms with Gasteiger partial charge < -0.3 is 14.9 Å². The first kappa shape index (κ1) is 22.2. The smallest absolute Gasteiger partial charge is 0.118 e. The largest absolute Gasteiger partial charge is 0.393 e. The maximum atomic E-state index is 11.5. The highest BCUT2D eigenvalue weighted by Crippen LogP contribution is 2.72. The van der Waals surface area contributed by atoms with Crippen molar-refractivity contribution in [3.8, 4) is 0 Å². The highest BCUT2D eigenvalue weighted by molar-refractivity contribution is 5.43. The molecule has 4 aliphatic carbocycles. The molecule has 31 heavy (non-hydrogen) atoms. The Kier molecular flexibility index (Phi) is 5.13. The lowest BCUT2D eigenvalue weighted by atomic mass is 9.48. The number of hydrogen-bond acceptors (Lipinski definition) is 3. The van der Waals surface area contributed by atoms with Gasteiger partial charge in [0, 0.05) is 11.8 Å². The van der Waals surface area contributed by atoms with Crippen LogP contribution in [0.5, 0.6) is 0 Å². The van der Waals surface area contributed by atoms with E-state index in [9.17, 15) is 10.2 Å². The summed E-state index contributed by atoms with van der Waals surface area (Å²) in [6.45, 7) is 14.2. The summed E-state index contributed by atoms with van der Waals surface area (Å²) in [6, 6.07) is 0. The summed E-state index contributed by atoms with van der Waals surface area (Å²) >= 11 is 0. The molecule has 0 aromatic heterocycles. The van der Waals surface area contributed by atoms with Crippen molar-refractivity contribution in [2.45, 2.75) is 110 Å². The third kappa shape index (κ3) is 2.95. The molecule has 0 amide bonds. The average Bonchev–Trinajstić information content (AvgIpc) is 3.34. The van der Waals surface area contributed by atoms with E-state index in [1.54, 1.807) is 5.57 Å². The molecule has 3 nitrogen and oxygen atoms in total. The van der Waals surface area contributed by atoms with Gasteiger partial charge in [0.2, 0.25) is 0 Å². The van der Waals surface area contributed by atoms with Crippen LogP contribution >= 0.6 is 0 Å². The molecule has 1 unspecified atom stereocenters. The van der Waals surface area contributed by atoms with Gasteiger partial charge in [0.05, 0.1) is 6.10 Å². The molecule has 1 heterocycles. The van der Waals surface area contributed by atoms with Gasteiger partial charge in [-0.1, -0.05) is 59.3 Å². The minimum Gasteiger partial charge on any atom is -0.393 e. The van der Waals surface area contributed by atoms with Crippen molar-refractivity contribution in [2.24, 2.45) is 40.4 Å². The molecule has 3 saturated carbocycles. The molecule has 5 aliphatic rings. The maximum absolute atomic E-state index is 11.5. The van der Waals surface area contributed by atoms with Crippen LogP contribution in [0.15, 0.2) is 23.3 Å². The molecule has 0 radical (unpaired) electrons. The standard InChI is InChI=1S/C28H44O3/c1-16(2)17(3)7-8-18(4)20-9-10-21-23-22(12-13-26(20,21)5)27(6)14-11-19(29)15-28(27)25(31-28)24(23)30/h7-8,16-20,22,24-25,29-30H,9-15H2,1-6H3/b8-7+/t17-,18+,19-,20+,22?,24-,25-,26+,27+,28-/m0/s1. The molecule has 10 atom stereocenters. The Morgan fingerprint density at radius 2 is 1.74 bits per heavy atom. The van der Waals surface area contributed by atoms with Crippen molar-refractivity contribution in [3.63, 3.8) is 0 Å². The second-order valence-corrected chi connectivity index (χ2v) is 12.6. The first-order valence-corrected chi connectivity index (χ1v) is 13.0. The third-order valence-corrected chi connectivity index (χ3v) is 10.9. The molecular weight excluding hydrogens is 384 g/mol. The second kappa shape index (κ2) is 7.18. The molecule has 1 saturated heterocycles. The van der Waals surface area contributed by atoms with Crippen LogP contribution in [0, 0.1) is 40.4 Å². The Morgan fingerprint density at radius 1 is 1.00 bits per heavy atom. The fourth-order valence-electron chi connectivity index (χ4n) is 8.48. The molecule has 5 rings (SSSR count). The van der Waals surface area contributed by atoms with E-state index in [4.69, 9.17) is 4.74 Å². The molecule has 4 fully saturated rings. The van der Waals surface area contributed by atoms with Gasteiger partial charge in [-0.05, 0) is 79.1 Å². The fourth-order valence-corrected chi connectivity index (χ4v) is 8.48. The van der Waals surface area contributed by atoms with Gasteiger partial charge in [0.1, 0.15) is 17.8 Å². The van der Waals surface area contributed by atoms with E-state index in [0.29, 0.717) is 36.0 Å². The third-order valence-electron chi connectivity index (χ3n) is 10.9. The first-order chi connectivity index (χ1) is 14.5. The Balaban J connectivity index is 1.47. The molecule has 2 N–H and O–H groups in total. The van der Waals surface area contributed by atoms with Crippen molar-refractivity contribution in [2.75, 3.05) is 0 Å². The molecule has 0 aromatic rings. The lowest BCUT2D eigenvalue weighted by molar-refractivity contribution is -0.0512. The van der Waals surface area contributed by atoms with E-state index in [1.807, 2.05) is 0 Å². The summed E-state index contributed by atoms with van der Waals surface area (Å²) in [6.07, 6.45) is 11.4. The zero-order valence-corrected chi connectivity index (χ0v) is 20.5. The summed E-state index contributed by atoms with van der Waals surface area (Å²) in [5.74, 6) is 2.95. The van der Waals surface area contributed by atoms with Gasteiger partial charge in [-0.15, -0.1) is 0 Å². The average molecular weight is 429 g/mol. The number of rotatable bonds is 4. The van der Waals surface area contributed by atoms with E-state index >= 15 is 0 Å². The lowest BCUT2D eigenvalue weighted by Gasteiger charge is -2.55. The number of hydrogen-bond donors (Lipinski definition) is 2. The van der Waals surface area contributed by atoms with E-state index in [0.717, 1.165) is 25.7 Å². The van der Waals surface area contributed by atoms with Crippen LogP contribution < -0.4 is 0 Å². The van der Waals surface area contributed by atoms with E-state index in [1.165, 1.54) is 18.4 Å². The highest BCUT2D eigenvalue weighted by Gasteiger charge is 2.77. The Hall–Kier alpha value is -0.640. The number of aliphatic hydroxyl groups excluding tert-OH is 2. The normalized spacial score (nSPS) is 50.7. The Morgan fingerprint density at radius 3 is 2.45 bits per heavy atom. The second-order valence-electron chi connectivity index (χ2n) is 12.6. The quantitative estimate of drug-likeness (QED) is 0.449. The van der Waals surface area contributed by atoms with E-state index in [2.05, 4.69) is 53.7 Å². The van der Waals surface area contributed by atoms with Gasteiger partial charge in [-0.25, -0.2) is 0 Å². The molecular formula is C28H44O3. The minimum atomic E-state index is -0.469. The first-order valence-electron chi connectivity index (χ1n) is 13.0. The van der Waals surface area contributed by atoms with Crippen LogP contribution in [0.2, 0.25) is 0 Å². The number of epoxide rings is 1. The van der Waals surface area contributed by atoms with Gasteiger partial charge >= 0.3 is 0 Å². The van der Waals surface area contributed by atoms with Gasteiger partial charge in [-0.2, -0.15) is 0 Å². The summed E-state index contributed by atoms with van der Waals surface area (Å²) in [4.78, 5) is 0. The maximum Gasteiger partial charge on any atom is 0.118 e. The van der Waals surface area contributed by atoms with Crippen LogP contribution in [0.3, 0.4) is 0 Å². The molecule has 174 valence electrons. The molecule has 3 heteroatoms. The minimum absolute atomic E-state index is 0.0656. The molecule has 1 aliphatic heterocycles. The summed E-state index contributed by atoms with van der Waals surface area (Å²) in [5.41, 5.74) is 2.93. The van der Waals surface area contributed by atoms with Crippen LogP contribution in [-0.4, -0.2) is 34.1 Å². The fraction of sp³-hybridized carbons (Fsp3) is 0.857. The monoisotopic (exact) mass is 428 g/mol. The summed E-state index contributed by atoms with van der Waals surface area (Å²) < 4.78 is 6.33. The zero-order valence-electron chi connectivity index (χ0n) is 20.5. The van der Waals surface area contributed by atoms with Crippen LogP contribution in [0.4, 0.5) is 0 Å². The lowest BCUT2D eigenvalue weighted by Crippen LogP contribution is -2.57. The van der Waals surface area contributed by atoms with Crippen molar-refractivity contribution < 1.29 is 14.9 Å². The predicted octanol–water partition coefficient (Wildman–Crippen LogP) is 5.66. The van der Waals surface area contributed by atoms with Crippen LogP contribution in [0.1, 0.15) is 86.5 Å². The van der Waals surface area contributed by atoms with Crippen LogP contribution in [0.25, 0.3) is 0 Å². The highest BCUT2D eigenvalue weighted by atomic mass is 16.6. The van der Waals surface area contributed by atoms with E-state index < -0.39 is 6.10 Å². The van der Waals surface area contributed by atoms with Crippen molar-refractivity contribution in [1.29, 1.82) is 0 Å². The number of allylic oxidation sites excluding steroid dienone is 3. The van der Waals surface area contributed by atoms with Gasteiger partial charge in [0.25, 0.3) is 0 Å². The van der Waals surface area contributed by atoms with Gasteiger partial charge in [-0.3, -0.25) is 0 Å². The SMILES string of the molecule is CC(C)[C@@H](C)/C=C/[C@@H](C)[C@H]1CCC2=C3C(CC[C@@]21C)[C@@]1(C)CC[C@H](O)C[C@@]12O[C@H]2[C@H]3O. The van der Waals surface area contributed by atoms with E-state index in [-0.39, 0.29) is 28.6 Å². The summed E-state index contributed by atoms with van der Waals surface area (Å²) in [5, 5.41) is 21.9. The van der Waals surface area contributed by atoms with Crippen molar-refractivity contribution in [3.05, 3.63) is 23.3 Å². The predicted molar refractivity (Wildman–Crippen MR) is 124 cm³/mol. The molecule has 1 spiro atoms. The Labute approximate surface area is 189 Å².